The summed E-state index contributed by atoms with van der Waals surface area (Å²) in [4.78, 5) is 18.1. The summed E-state index contributed by atoms with van der Waals surface area (Å²) in [5.41, 5.74) is 2.31. The molecular weight excluding hydrogens is 358 g/mol. The molecule has 4 rings (SSSR count). The number of ether oxygens (including phenoxy) is 2. The normalized spacial score (nSPS) is 16.6. The summed E-state index contributed by atoms with van der Waals surface area (Å²) in [5, 5.41) is 6.62. The van der Waals surface area contributed by atoms with Crippen LogP contribution < -0.4 is 15.4 Å². The lowest BCUT2D eigenvalue weighted by atomic mass is 10.2. The van der Waals surface area contributed by atoms with Gasteiger partial charge in [0.2, 0.25) is 11.8 Å². The molecule has 1 saturated heterocycles. The van der Waals surface area contributed by atoms with Crippen LogP contribution in [0.1, 0.15) is 32.7 Å². The largest absolute Gasteiger partial charge is 0.481 e. The van der Waals surface area contributed by atoms with Crippen molar-refractivity contribution in [3.05, 3.63) is 24.7 Å². The Kier molecular flexibility index (Phi) is 5.25. The van der Waals surface area contributed by atoms with Crippen LogP contribution in [0.5, 0.6) is 5.88 Å². The minimum Gasteiger partial charge on any atom is -0.481 e. The Morgan fingerprint density at radius 3 is 2.86 bits per heavy atom. The lowest BCUT2D eigenvalue weighted by molar-refractivity contribution is 0.120. The molecule has 3 aromatic heterocycles. The van der Waals surface area contributed by atoms with Crippen molar-refractivity contribution in [2.24, 2.45) is 0 Å². The van der Waals surface area contributed by atoms with Crippen molar-refractivity contribution in [1.29, 1.82) is 0 Å². The van der Waals surface area contributed by atoms with Gasteiger partial charge in [0.15, 0.2) is 17.0 Å². The summed E-state index contributed by atoms with van der Waals surface area (Å²) in [6, 6.07) is 3.90. The molecule has 3 aromatic rings. The Balaban J connectivity index is 1.65. The smallest absolute Gasteiger partial charge is 0.231 e. The van der Waals surface area contributed by atoms with Crippen LogP contribution in [-0.2, 0) is 4.74 Å². The molecule has 0 saturated carbocycles. The predicted octanol–water partition coefficient (Wildman–Crippen LogP) is 3.15. The van der Waals surface area contributed by atoms with E-state index in [1.807, 2.05) is 10.6 Å². The molecule has 0 aliphatic carbocycles. The van der Waals surface area contributed by atoms with Crippen molar-refractivity contribution in [2.45, 2.75) is 38.8 Å². The van der Waals surface area contributed by atoms with Crippen molar-refractivity contribution in [3.63, 3.8) is 0 Å². The quantitative estimate of drug-likeness (QED) is 0.642. The first kappa shape index (κ1) is 18.4. The van der Waals surface area contributed by atoms with Gasteiger partial charge in [-0.25, -0.2) is 9.97 Å². The molecule has 1 fully saturated rings. The molecule has 1 unspecified atom stereocenters. The van der Waals surface area contributed by atoms with Gasteiger partial charge in [-0.2, -0.15) is 9.97 Å². The first-order chi connectivity index (χ1) is 13.6. The van der Waals surface area contributed by atoms with Gasteiger partial charge < -0.3 is 24.7 Å². The number of pyridine rings is 1. The summed E-state index contributed by atoms with van der Waals surface area (Å²) in [6.07, 6.45) is 5.86. The minimum atomic E-state index is 0.208. The highest BCUT2D eigenvalue weighted by Gasteiger charge is 2.19. The summed E-state index contributed by atoms with van der Waals surface area (Å²) in [5.74, 6) is 1.74. The van der Waals surface area contributed by atoms with E-state index in [1.54, 1.807) is 25.7 Å². The van der Waals surface area contributed by atoms with Crippen LogP contribution in [-0.4, -0.2) is 50.9 Å². The van der Waals surface area contributed by atoms with Gasteiger partial charge >= 0.3 is 0 Å². The average Bonchev–Trinajstić information content (AvgIpc) is 3.36. The molecule has 2 N–H and O–H groups in total. The van der Waals surface area contributed by atoms with Crippen LogP contribution in [0.4, 0.5) is 17.5 Å². The van der Waals surface area contributed by atoms with Crippen LogP contribution in [0.2, 0.25) is 0 Å². The van der Waals surface area contributed by atoms with Crippen molar-refractivity contribution in [3.8, 4) is 5.88 Å². The highest BCUT2D eigenvalue weighted by Crippen LogP contribution is 2.25. The van der Waals surface area contributed by atoms with E-state index < -0.39 is 0 Å². The van der Waals surface area contributed by atoms with Crippen LogP contribution >= 0.6 is 0 Å². The van der Waals surface area contributed by atoms with Gasteiger partial charge in [0.05, 0.1) is 31.4 Å². The summed E-state index contributed by atoms with van der Waals surface area (Å²) in [7, 11) is 1.59. The molecule has 1 aliphatic heterocycles. The molecule has 0 bridgehead atoms. The fraction of sp³-hybridized carbons (Fsp3) is 0.474. The van der Waals surface area contributed by atoms with Crippen LogP contribution in [0.25, 0.3) is 11.2 Å². The molecule has 1 atom stereocenters. The number of imidazole rings is 1. The van der Waals surface area contributed by atoms with Crippen molar-refractivity contribution in [1.82, 2.24) is 24.5 Å². The number of fused-ring (bicyclic) bond motifs is 1. The summed E-state index contributed by atoms with van der Waals surface area (Å²) < 4.78 is 12.8. The number of hydrogen-bond acceptors (Lipinski definition) is 8. The molecular formula is C19H25N7O2. The van der Waals surface area contributed by atoms with Gasteiger partial charge in [0.25, 0.3) is 0 Å². The van der Waals surface area contributed by atoms with Crippen molar-refractivity contribution < 1.29 is 9.47 Å². The minimum absolute atomic E-state index is 0.208. The van der Waals surface area contributed by atoms with Crippen LogP contribution in [0, 0.1) is 0 Å². The molecule has 4 heterocycles. The second-order valence-electron chi connectivity index (χ2n) is 7.04. The van der Waals surface area contributed by atoms with Gasteiger partial charge in [0.1, 0.15) is 0 Å². The van der Waals surface area contributed by atoms with Crippen LogP contribution in [0.15, 0.2) is 24.7 Å². The van der Waals surface area contributed by atoms with Gasteiger partial charge in [0, 0.05) is 25.3 Å². The van der Waals surface area contributed by atoms with Gasteiger partial charge in [-0.1, -0.05) is 0 Å². The highest BCUT2D eigenvalue weighted by molar-refractivity contribution is 5.84. The first-order valence-electron chi connectivity index (χ1n) is 9.51. The molecule has 0 aromatic carbocycles. The number of hydrogen-bond donors (Lipinski definition) is 2. The Labute approximate surface area is 163 Å². The summed E-state index contributed by atoms with van der Waals surface area (Å²) in [6.45, 7) is 5.72. The van der Waals surface area contributed by atoms with E-state index in [0.29, 0.717) is 24.2 Å². The third kappa shape index (κ3) is 3.84. The van der Waals surface area contributed by atoms with E-state index >= 15 is 0 Å². The third-order valence-corrected chi connectivity index (χ3v) is 4.70. The number of methoxy groups -OCH3 is 1. The molecule has 0 radical (unpaired) electrons. The zero-order chi connectivity index (χ0) is 19.5. The monoisotopic (exact) mass is 383 g/mol. The number of rotatable bonds is 7. The third-order valence-electron chi connectivity index (χ3n) is 4.70. The molecule has 0 spiro atoms. The van der Waals surface area contributed by atoms with Gasteiger partial charge in [-0.15, -0.1) is 0 Å². The van der Waals surface area contributed by atoms with Crippen LogP contribution in [0.3, 0.4) is 0 Å². The Bertz CT molecular complexity index is 933. The zero-order valence-corrected chi connectivity index (χ0v) is 16.3. The average molecular weight is 383 g/mol. The molecule has 1 aliphatic rings. The fourth-order valence-corrected chi connectivity index (χ4v) is 3.19. The van der Waals surface area contributed by atoms with Crippen molar-refractivity contribution >= 4 is 28.6 Å². The molecule has 28 heavy (non-hydrogen) atoms. The maximum absolute atomic E-state index is 5.71. The van der Waals surface area contributed by atoms with E-state index in [4.69, 9.17) is 9.47 Å². The van der Waals surface area contributed by atoms with E-state index in [2.05, 4.69) is 44.4 Å². The van der Waals surface area contributed by atoms with E-state index in [-0.39, 0.29) is 12.1 Å². The van der Waals surface area contributed by atoms with Gasteiger partial charge in [-0.3, -0.25) is 0 Å². The second-order valence-corrected chi connectivity index (χ2v) is 7.04. The van der Waals surface area contributed by atoms with E-state index in [0.717, 1.165) is 36.3 Å². The van der Waals surface area contributed by atoms with E-state index in [9.17, 15) is 0 Å². The highest BCUT2D eigenvalue weighted by atomic mass is 16.5. The molecule has 0 amide bonds. The van der Waals surface area contributed by atoms with Crippen molar-refractivity contribution in [2.75, 3.05) is 30.9 Å². The maximum atomic E-state index is 5.71. The number of nitrogens with zero attached hydrogens (tertiary/aromatic N) is 5. The number of aromatic nitrogens is 5. The lowest BCUT2D eigenvalue weighted by Gasteiger charge is -2.14. The summed E-state index contributed by atoms with van der Waals surface area (Å²) >= 11 is 0. The second kappa shape index (κ2) is 7.97. The maximum Gasteiger partial charge on any atom is 0.231 e. The first-order valence-corrected chi connectivity index (χ1v) is 9.51. The van der Waals surface area contributed by atoms with Gasteiger partial charge in [-0.05, 0) is 32.8 Å². The predicted molar refractivity (Wildman–Crippen MR) is 107 cm³/mol. The standard InChI is InChI=1S/C19H25N7O2/c1-12(2)26-11-22-16-17(21-10-14-5-4-8-28-14)24-19(25-18(16)26)23-13-6-7-15(27-3)20-9-13/h6-7,9,11-12,14H,4-5,8,10H2,1-3H3,(H2,21,23,24,25). The molecule has 9 nitrogen and oxygen atoms in total. The topological polar surface area (TPSA) is 99.0 Å². The molecule has 9 heteroatoms. The lowest BCUT2D eigenvalue weighted by Crippen LogP contribution is -2.19. The Morgan fingerprint density at radius 1 is 1.29 bits per heavy atom. The van der Waals surface area contributed by atoms with E-state index in [1.165, 1.54) is 0 Å². The molecule has 148 valence electrons. The Morgan fingerprint density at radius 2 is 2.18 bits per heavy atom. The Hall–Kier alpha value is -2.94. The fourth-order valence-electron chi connectivity index (χ4n) is 3.19. The number of anilines is 3. The number of nitrogens with one attached hydrogen (secondary N) is 2. The zero-order valence-electron chi connectivity index (χ0n) is 16.3. The SMILES string of the molecule is COc1ccc(Nc2nc(NCC3CCCO3)c3ncn(C(C)C)c3n2)cn1.